The third kappa shape index (κ3) is 4.37. The van der Waals surface area contributed by atoms with E-state index in [0.29, 0.717) is 30.9 Å². The Hall–Kier alpha value is -2.24. The van der Waals surface area contributed by atoms with Crippen LogP contribution in [-0.2, 0) is 16.3 Å². The van der Waals surface area contributed by atoms with Gasteiger partial charge in [0.25, 0.3) is 0 Å². The van der Waals surface area contributed by atoms with Crippen LogP contribution in [0.2, 0.25) is 0 Å². The molecule has 1 heterocycles. The number of hydrogen-bond donors (Lipinski definition) is 1. The molecule has 0 saturated carbocycles. The first kappa shape index (κ1) is 15.2. The lowest BCUT2D eigenvalue weighted by Gasteiger charge is -2.05. The molecule has 0 amide bonds. The van der Waals surface area contributed by atoms with Gasteiger partial charge in [0.2, 0.25) is 6.39 Å². The van der Waals surface area contributed by atoms with Crippen molar-refractivity contribution in [1.29, 1.82) is 5.26 Å². The Bertz CT molecular complexity index is 703. The van der Waals surface area contributed by atoms with Gasteiger partial charge in [-0.1, -0.05) is 5.16 Å². The Morgan fingerprint density at radius 3 is 2.62 bits per heavy atom. The molecule has 0 saturated heterocycles. The molecule has 0 spiro atoms. The average molecular weight is 306 g/mol. The zero-order chi connectivity index (χ0) is 15.1. The van der Waals surface area contributed by atoms with Gasteiger partial charge >= 0.3 is 0 Å². The van der Waals surface area contributed by atoms with Gasteiger partial charge in [0.15, 0.2) is 15.7 Å². The van der Waals surface area contributed by atoms with Gasteiger partial charge in [-0.05, 0) is 24.3 Å². The van der Waals surface area contributed by atoms with Crippen LogP contribution in [0, 0.1) is 11.3 Å². The van der Waals surface area contributed by atoms with Crippen molar-refractivity contribution >= 4 is 9.84 Å². The number of nitrogens with one attached hydrogen (secondary N) is 1. The van der Waals surface area contributed by atoms with E-state index in [0.717, 1.165) is 0 Å². The molecule has 7 nitrogen and oxygen atoms in total. The summed E-state index contributed by atoms with van der Waals surface area (Å²) in [4.78, 5) is 4.09. The third-order valence-corrected chi connectivity index (χ3v) is 4.55. The average Bonchev–Trinajstić information content (AvgIpc) is 3.00. The van der Waals surface area contributed by atoms with Crippen molar-refractivity contribution < 1.29 is 12.9 Å². The van der Waals surface area contributed by atoms with Crippen LogP contribution in [0.3, 0.4) is 0 Å². The van der Waals surface area contributed by atoms with E-state index in [1.807, 2.05) is 6.07 Å². The quantitative estimate of drug-likeness (QED) is 0.744. The van der Waals surface area contributed by atoms with Crippen LogP contribution in [-0.4, -0.2) is 37.4 Å². The van der Waals surface area contributed by atoms with E-state index in [-0.39, 0.29) is 10.6 Å². The van der Waals surface area contributed by atoms with E-state index in [2.05, 4.69) is 20.0 Å². The molecule has 2 aromatic rings. The predicted octanol–water partition coefficient (Wildman–Crippen LogP) is 0.547. The summed E-state index contributed by atoms with van der Waals surface area (Å²) < 4.78 is 28.7. The second kappa shape index (κ2) is 6.97. The number of sulfone groups is 1. The van der Waals surface area contributed by atoms with Crippen molar-refractivity contribution in [2.24, 2.45) is 0 Å². The van der Waals surface area contributed by atoms with Crippen molar-refractivity contribution in [3.05, 3.63) is 42.0 Å². The largest absolute Gasteiger partial charge is 0.343 e. The highest BCUT2D eigenvalue weighted by atomic mass is 32.2. The Kier molecular flexibility index (Phi) is 5.03. The maximum absolute atomic E-state index is 12.1. The van der Waals surface area contributed by atoms with E-state index < -0.39 is 9.84 Å². The van der Waals surface area contributed by atoms with Crippen LogP contribution < -0.4 is 5.32 Å². The van der Waals surface area contributed by atoms with Crippen molar-refractivity contribution in [1.82, 2.24) is 15.5 Å². The lowest BCUT2D eigenvalue weighted by molar-refractivity contribution is 0.409. The number of aromatic nitrogens is 2. The van der Waals surface area contributed by atoms with Crippen LogP contribution in [0.1, 0.15) is 11.4 Å². The second-order valence-corrected chi connectivity index (χ2v) is 6.41. The lowest BCUT2D eigenvalue weighted by atomic mass is 10.2. The zero-order valence-electron chi connectivity index (χ0n) is 11.2. The SMILES string of the molecule is N#Cc1ccc(S(=O)(=O)CCNCCc2ncon2)cc1. The molecule has 0 unspecified atom stereocenters. The van der Waals surface area contributed by atoms with Gasteiger partial charge in [-0.2, -0.15) is 10.2 Å². The molecule has 1 aromatic heterocycles. The summed E-state index contributed by atoms with van der Waals surface area (Å²) in [7, 11) is -3.34. The van der Waals surface area contributed by atoms with Crippen LogP contribution in [0.15, 0.2) is 40.1 Å². The summed E-state index contributed by atoms with van der Waals surface area (Å²) in [5, 5.41) is 15.4. The van der Waals surface area contributed by atoms with Gasteiger partial charge in [0.1, 0.15) is 0 Å². The molecule has 1 N–H and O–H groups in total. The fourth-order valence-corrected chi connectivity index (χ4v) is 2.89. The highest BCUT2D eigenvalue weighted by molar-refractivity contribution is 7.91. The van der Waals surface area contributed by atoms with Crippen molar-refractivity contribution in [3.63, 3.8) is 0 Å². The van der Waals surface area contributed by atoms with Gasteiger partial charge in [-0.3, -0.25) is 0 Å². The topological polar surface area (TPSA) is 109 Å². The molecule has 8 heteroatoms. The molecule has 0 aliphatic heterocycles. The van der Waals surface area contributed by atoms with Gasteiger partial charge < -0.3 is 9.84 Å². The molecule has 0 fully saturated rings. The second-order valence-electron chi connectivity index (χ2n) is 4.30. The molecule has 0 radical (unpaired) electrons. The molecule has 21 heavy (non-hydrogen) atoms. The monoisotopic (exact) mass is 306 g/mol. The number of hydrogen-bond acceptors (Lipinski definition) is 7. The van der Waals surface area contributed by atoms with E-state index in [1.165, 1.54) is 30.7 Å². The predicted molar refractivity (Wildman–Crippen MR) is 74.1 cm³/mol. The van der Waals surface area contributed by atoms with Gasteiger partial charge in [0.05, 0.1) is 22.3 Å². The van der Waals surface area contributed by atoms with Crippen molar-refractivity contribution in [2.45, 2.75) is 11.3 Å². The maximum atomic E-state index is 12.1. The highest BCUT2D eigenvalue weighted by Gasteiger charge is 2.13. The number of rotatable bonds is 7. The van der Waals surface area contributed by atoms with Gasteiger partial charge in [-0.15, -0.1) is 0 Å². The molecular weight excluding hydrogens is 292 g/mol. The Morgan fingerprint density at radius 2 is 2.00 bits per heavy atom. The van der Waals surface area contributed by atoms with E-state index in [1.54, 1.807) is 0 Å². The molecule has 0 aliphatic rings. The fraction of sp³-hybridized carbons (Fsp3) is 0.308. The van der Waals surface area contributed by atoms with Gasteiger partial charge in [-0.25, -0.2) is 8.42 Å². The standard InChI is InChI=1S/C13H14N4O3S/c14-9-11-1-3-12(4-2-11)21(18,19)8-7-15-6-5-13-16-10-20-17-13/h1-4,10,15H,5-8H2. The Balaban J connectivity index is 1.79. The molecule has 0 bridgehead atoms. The first-order chi connectivity index (χ1) is 10.1. The third-order valence-electron chi connectivity index (χ3n) is 2.82. The van der Waals surface area contributed by atoms with Crippen molar-refractivity contribution in [2.75, 3.05) is 18.8 Å². The van der Waals surface area contributed by atoms with Crippen molar-refractivity contribution in [3.8, 4) is 6.07 Å². The smallest absolute Gasteiger partial charge is 0.213 e. The highest BCUT2D eigenvalue weighted by Crippen LogP contribution is 2.11. The first-order valence-electron chi connectivity index (χ1n) is 6.31. The molecule has 0 aliphatic carbocycles. The Labute approximate surface area is 122 Å². The Morgan fingerprint density at radius 1 is 1.24 bits per heavy atom. The molecule has 1 aromatic carbocycles. The molecule has 2 rings (SSSR count). The minimum Gasteiger partial charge on any atom is -0.343 e. The summed E-state index contributed by atoms with van der Waals surface area (Å²) in [6.07, 6.45) is 1.83. The van der Waals surface area contributed by atoms with Crippen LogP contribution in [0.4, 0.5) is 0 Å². The maximum Gasteiger partial charge on any atom is 0.213 e. The zero-order valence-corrected chi connectivity index (χ0v) is 12.0. The molecule has 110 valence electrons. The first-order valence-corrected chi connectivity index (χ1v) is 7.96. The fourth-order valence-electron chi connectivity index (χ4n) is 1.69. The summed E-state index contributed by atoms with van der Waals surface area (Å²) in [6.45, 7) is 0.905. The molecule has 0 atom stereocenters. The van der Waals surface area contributed by atoms with E-state index >= 15 is 0 Å². The number of nitriles is 1. The van der Waals surface area contributed by atoms with E-state index in [4.69, 9.17) is 5.26 Å². The minimum atomic E-state index is -3.34. The number of nitrogens with zero attached hydrogens (tertiary/aromatic N) is 3. The molecular formula is C13H14N4O3S. The summed E-state index contributed by atoms with van der Waals surface area (Å²) in [5.74, 6) is 0.572. The minimum absolute atomic E-state index is 0.00879. The van der Waals surface area contributed by atoms with Crippen LogP contribution in [0.25, 0.3) is 0 Å². The van der Waals surface area contributed by atoms with E-state index in [9.17, 15) is 8.42 Å². The summed E-state index contributed by atoms with van der Waals surface area (Å²) in [5.41, 5.74) is 0.437. The normalized spacial score (nSPS) is 11.2. The van der Waals surface area contributed by atoms with Gasteiger partial charge in [0, 0.05) is 19.5 Å². The summed E-state index contributed by atoms with van der Waals surface area (Å²) in [6, 6.07) is 7.85. The van der Waals surface area contributed by atoms with Crippen LogP contribution >= 0.6 is 0 Å². The lowest BCUT2D eigenvalue weighted by Crippen LogP contribution is -2.25. The van der Waals surface area contributed by atoms with Crippen LogP contribution in [0.5, 0.6) is 0 Å². The summed E-state index contributed by atoms with van der Waals surface area (Å²) >= 11 is 0. The number of benzene rings is 1.